The van der Waals surface area contributed by atoms with E-state index in [0.29, 0.717) is 38.8 Å². The molecule has 4 amide bonds. The van der Waals surface area contributed by atoms with Crippen molar-refractivity contribution in [1.82, 2.24) is 15.5 Å². The van der Waals surface area contributed by atoms with Crippen LogP contribution in [-0.4, -0.2) is 65.9 Å². The summed E-state index contributed by atoms with van der Waals surface area (Å²) in [6.45, 7) is 4.48. The first-order valence-electron chi connectivity index (χ1n) is 12.6. The summed E-state index contributed by atoms with van der Waals surface area (Å²) in [5.74, 6) is -1.78. The maximum Gasteiger partial charge on any atom is 0.408 e. The van der Waals surface area contributed by atoms with Crippen molar-refractivity contribution >= 4 is 42.2 Å². The van der Waals surface area contributed by atoms with Crippen molar-refractivity contribution in [3.63, 3.8) is 0 Å². The van der Waals surface area contributed by atoms with E-state index in [1.54, 1.807) is 0 Å². The lowest BCUT2D eigenvalue weighted by Gasteiger charge is -2.31. The van der Waals surface area contributed by atoms with Gasteiger partial charge in [-0.05, 0) is 37.2 Å². The number of nitrogens with two attached hydrogens (primary N) is 3. The molecule has 38 heavy (non-hydrogen) atoms. The Kier molecular flexibility index (Phi) is 14.0. The first kappa shape index (κ1) is 32.5. The summed E-state index contributed by atoms with van der Waals surface area (Å²) >= 11 is 0. The molecule has 13 heteroatoms. The number of carbonyl (C=O) groups excluding carboxylic acids is 4. The molecule has 1 fully saturated rings. The summed E-state index contributed by atoms with van der Waals surface area (Å²) in [6.07, 6.45) is 1.65. The van der Waals surface area contributed by atoms with E-state index >= 15 is 0 Å². The number of aliphatic imine (C=N–C) groups is 1. The van der Waals surface area contributed by atoms with Gasteiger partial charge in [0.05, 0.1) is 0 Å². The summed E-state index contributed by atoms with van der Waals surface area (Å²) in [4.78, 5) is 56.3. The van der Waals surface area contributed by atoms with Crippen LogP contribution in [0, 0.1) is 5.92 Å². The second-order valence-electron chi connectivity index (χ2n) is 9.17. The highest BCUT2D eigenvalue weighted by Crippen LogP contribution is 2.22. The number of nitrogens with one attached hydrogen (secondary N) is 2. The van der Waals surface area contributed by atoms with Crippen LogP contribution in [0.25, 0.3) is 0 Å². The highest BCUT2D eigenvalue weighted by molar-refractivity contribution is 5.94. The van der Waals surface area contributed by atoms with Crippen molar-refractivity contribution in [1.29, 1.82) is 0 Å². The Morgan fingerprint density at radius 2 is 1.82 bits per heavy atom. The number of likely N-dealkylation sites (tertiary alicyclic amines) is 1. The lowest BCUT2D eigenvalue weighted by atomic mass is 9.97. The number of amides is 4. The fraction of sp³-hybridized carbons (Fsp3) is 0.560. The van der Waals surface area contributed by atoms with Crippen LogP contribution in [-0.2, 0) is 25.7 Å². The molecule has 212 valence electrons. The van der Waals surface area contributed by atoms with Crippen LogP contribution < -0.4 is 27.8 Å². The van der Waals surface area contributed by atoms with Gasteiger partial charge in [0.2, 0.25) is 17.7 Å². The third-order valence-electron chi connectivity index (χ3n) is 6.41. The maximum atomic E-state index is 13.5. The van der Waals surface area contributed by atoms with Gasteiger partial charge in [-0.25, -0.2) is 4.79 Å². The van der Waals surface area contributed by atoms with Crippen molar-refractivity contribution in [3.8, 4) is 0 Å². The topological polar surface area (TPSA) is 195 Å². The number of hydrogen-bond acceptors (Lipinski definition) is 6. The highest BCUT2D eigenvalue weighted by atomic mass is 35.5. The van der Waals surface area contributed by atoms with E-state index < -0.39 is 36.0 Å². The molecule has 0 saturated carbocycles. The third-order valence-corrected chi connectivity index (χ3v) is 6.41. The van der Waals surface area contributed by atoms with Crippen LogP contribution >= 0.6 is 12.4 Å². The zero-order valence-electron chi connectivity index (χ0n) is 21.9. The number of halogens is 1. The number of carbonyl (C=O) groups is 4. The number of rotatable bonds is 13. The second-order valence-corrected chi connectivity index (χ2v) is 9.17. The summed E-state index contributed by atoms with van der Waals surface area (Å²) in [6, 6.07) is 6.64. The number of hydrogen-bond donors (Lipinski definition) is 5. The van der Waals surface area contributed by atoms with Gasteiger partial charge >= 0.3 is 6.09 Å². The fourth-order valence-corrected chi connectivity index (χ4v) is 4.11. The van der Waals surface area contributed by atoms with Gasteiger partial charge < -0.3 is 37.5 Å². The van der Waals surface area contributed by atoms with E-state index in [-0.39, 0.29) is 43.2 Å². The van der Waals surface area contributed by atoms with E-state index in [9.17, 15) is 19.2 Å². The van der Waals surface area contributed by atoms with Crippen molar-refractivity contribution in [2.75, 3.05) is 13.1 Å². The van der Waals surface area contributed by atoms with Crippen LogP contribution in [0.2, 0.25) is 0 Å². The average molecular weight is 554 g/mol. The molecule has 0 spiro atoms. The van der Waals surface area contributed by atoms with Crippen LogP contribution in [0.15, 0.2) is 35.3 Å². The first-order valence-corrected chi connectivity index (χ1v) is 12.6. The molecular formula is C25H40ClN7O5. The number of guanidine groups is 1. The standard InChI is InChI=1S/C25H39N7O5.ClH/c1-3-16(2)20(31-25(36)37-15-17-9-5-4-6-10-17)23(35)32-14-8-12-19(32)22(34)30-18(21(26)33)11-7-13-29-24(27)28;/h4-6,9-10,16,18-20H,3,7-8,11-15H2,1-2H3,(H2,26,33)(H,30,34)(H,31,36)(H4,27,28,29);1H/t16-,18-,19-,20-;/m0./s1. The minimum Gasteiger partial charge on any atom is -0.445 e. The van der Waals surface area contributed by atoms with Crippen molar-refractivity contribution in [2.24, 2.45) is 28.1 Å². The molecule has 1 aromatic rings. The number of alkyl carbamates (subject to hydrolysis) is 1. The van der Waals surface area contributed by atoms with E-state index in [2.05, 4.69) is 15.6 Å². The van der Waals surface area contributed by atoms with Crippen molar-refractivity contribution in [2.45, 2.75) is 70.7 Å². The van der Waals surface area contributed by atoms with Gasteiger partial charge in [0.1, 0.15) is 24.7 Å². The zero-order valence-corrected chi connectivity index (χ0v) is 22.7. The minimum atomic E-state index is -0.921. The highest BCUT2D eigenvalue weighted by Gasteiger charge is 2.40. The van der Waals surface area contributed by atoms with Gasteiger partial charge in [-0.2, -0.15) is 0 Å². The van der Waals surface area contributed by atoms with Crippen LogP contribution in [0.3, 0.4) is 0 Å². The average Bonchev–Trinajstić information content (AvgIpc) is 3.37. The summed E-state index contributed by atoms with van der Waals surface area (Å²) in [5, 5.41) is 5.35. The SMILES string of the molecule is CC[C@H](C)[C@H](NC(=O)OCc1ccccc1)C(=O)N1CCC[C@H]1C(=O)N[C@@H](CCCN=C(N)N)C(N)=O.Cl. The monoisotopic (exact) mass is 553 g/mol. The number of ether oxygens (including phenoxy) is 1. The van der Waals surface area contributed by atoms with Gasteiger partial charge in [0.15, 0.2) is 5.96 Å². The molecule has 0 aromatic heterocycles. The molecule has 1 heterocycles. The Hall–Kier alpha value is -3.54. The quantitative estimate of drug-likeness (QED) is 0.135. The fourth-order valence-electron chi connectivity index (χ4n) is 4.11. The van der Waals surface area contributed by atoms with E-state index in [4.69, 9.17) is 21.9 Å². The van der Waals surface area contributed by atoms with Crippen molar-refractivity contribution < 1.29 is 23.9 Å². The summed E-state index contributed by atoms with van der Waals surface area (Å²) in [7, 11) is 0. The van der Waals surface area contributed by atoms with E-state index in [0.717, 1.165) is 5.56 Å². The van der Waals surface area contributed by atoms with Gasteiger partial charge in [-0.15, -0.1) is 12.4 Å². The Morgan fingerprint density at radius 3 is 2.42 bits per heavy atom. The molecule has 2 rings (SSSR count). The normalized spacial score (nSPS) is 16.8. The summed E-state index contributed by atoms with van der Waals surface area (Å²) in [5.41, 5.74) is 16.9. The molecule has 0 aliphatic carbocycles. The molecule has 1 aliphatic rings. The number of nitrogens with zero attached hydrogens (tertiary/aromatic N) is 2. The van der Waals surface area contributed by atoms with Crippen LogP contribution in [0.1, 0.15) is 51.5 Å². The van der Waals surface area contributed by atoms with E-state index in [1.165, 1.54) is 4.90 Å². The lowest BCUT2D eigenvalue weighted by Crippen LogP contribution is -2.57. The molecule has 1 aromatic carbocycles. The van der Waals surface area contributed by atoms with Crippen LogP contribution in [0.5, 0.6) is 0 Å². The predicted octanol–water partition coefficient (Wildman–Crippen LogP) is 0.764. The Morgan fingerprint density at radius 1 is 1.13 bits per heavy atom. The molecule has 1 saturated heterocycles. The number of benzene rings is 1. The smallest absolute Gasteiger partial charge is 0.408 e. The Labute approximate surface area is 229 Å². The van der Waals surface area contributed by atoms with E-state index in [1.807, 2.05) is 44.2 Å². The van der Waals surface area contributed by atoms with Gasteiger partial charge in [0, 0.05) is 13.1 Å². The Balaban J connectivity index is 0.00000722. The number of primary amides is 1. The molecule has 4 atom stereocenters. The summed E-state index contributed by atoms with van der Waals surface area (Å²) < 4.78 is 5.30. The maximum absolute atomic E-state index is 13.5. The molecule has 12 nitrogen and oxygen atoms in total. The second kappa shape index (κ2) is 16.3. The third kappa shape index (κ3) is 10.1. The minimum absolute atomic E-state index is 0. The van der Waals surface area contributed by atoms with Gasteiger partial charge in [0.25, 0.3) is 0 Å². The van der Waals surface area contributed by atoms with Gasteiger partial charge in [-0.1, -0.05) is 50.6 Å². The molecule has 0 bridgehead atoms. The predicted molar refractivity (Wildman–Crippen MR) is 146 cm³/mol. The first-order chi connectivity index (χ1) is 17.6. The van der Waals surface area contributed by atoms with Crippen molar-refractivity contribution in [3.05, 3.63) is 35.9 Å². The molecular weight excluding hydrogens is 514 g/mol. The van der Waals surface area contributed by atoms with Crippen LogP contribution in [0.4, 0.5) is 4.79 Å². The zero-order chi connectivity index (χ0) is 27.4. The molecule has 0 radical (unpaired) electrons. The van der Waals surface area contributed by atoms with Gasteiger partial charge in [-0.3, -0.25) is 19.4 Å². The lowest BCUT2D eigenvalue weighted by molar-refractivity contribution is -0.141. The largest absolute Gasteiger partial charge is 0.445 e. The molecule has 0 unspecified atom stereocenters. The Bertz CT molecular complexity index is 959. The molecule has 1 aliphatic heterocycles. The molecule has 8 N–H and O–H groups in total.